The van der Waals surface area contributed by atoms with Gasteiger partial charge in [0, 0.05) is 5.69 Å². The molecular formula is C14H14Cl2N2. The molecule has 3 N–H and O–H groups in total. The molecule has 2 rings (SSSR count). The molecule has 2 nitrogen and oxygen atoms in total. The average Bonchev–Trinajstić information content (AvgIpc) is 2.30. The van der Waals surface area contributed by atoms with Crippen molar-refractivity contribution in [2.24, 2.45) is 0 Å². The maximum atomic E-state index is 6.18. The lowest BCUT2D eigenvalue weighted by Crippen LogP contribution is -1.98. The fourth-order valence-corrected chi connectivity index (χ4v) is 2.20. The van der Waals surface area contributed by atoms with Crippen LogP contribution in [0.15, 0.2) is 30.3 Å². The van der Waals surface area contributed by atoms with Crippen molar-refractivity contribution in [3.05, 3.63) is 51.5 Å². The third kappa shape index (κ3) is 2.55. The van der Waals surface area contributed by atoms with E-state index in [0.717, 1.165) is 22.5 Å². The number of nitrogens with two attached hydrogens (primary N) is 1. The van der Waals surface area contributed by atoms with Crippen LogP contribution in [0, 0.1) is 13.8 Å². The standard InChI is InChI=1S/C14H14Cl2N2/c1-8-4-3-5-10(15)14(8)18-13-7-11(16)12(17)6-9(13)2/h3-7,18H,17H2,1-2H3. The molecule has 0 unspecified atom stereocenters. The molecular weight excluding hydrogens is 267 g/mol. The lowest BCUT2D eigenvalue weighted by molar-refractivity contribution is 1.39. The van der Waals surface area contributed by atoms with Crippen LogP contribution in [0.1, 0.15) is 11.1 Å². The van der Waals surface area contributed by atoms with Crippen LogP contribution in [0.3, 0.4) is 0 Å². The maximum Gasteiger partial charge on any atom is 0.0656 e. The smallest absolute Gasteiger partial charge is 0.0656 e. The van der Waals surface area contributed by atoms with Gasteiger partial charge in [-0.05, 0) is 43.2 Å². The second-order valence-electron chi connectivity index (χ2n) is 4.25. The Morgan fingerprint density at radius 1 is 1.00 bits per heavy atom. The minimum atomic E-state index is 0.535. The second-order valence-corrected chi connectivity index (χ2v) is 5.06. The van der Waals surface area contributed by atoms with E-state index in [1.165, 1.54) is 0 Å². The molecule has 2 aromatic rings. The van der Waals surface area contributed by atoms with Gasteiger partial charge in [-0.2, -0.15) is 0 Å². The molecule has 0 aromatic heterocycles. The fraction of sp³-hybridized carbons (Fsp3) is 0.143. The molecule has 2 aromatic carbocycles. The van der Waals surface area contributed by atoms with E-state index < -0.39 is 0 Å². The number of hydrogen-bond acceptors (Lipinski definition) is 2. The van der Waals surface area contributed by atoms with Crippen LogP contribution in [0.5, 0.6) is 0 Å². The summed E-state index contributed by atoms with van der Waals surface area (Å²) in [5, 5.41) is 4.52. The van der Waals surface area contributed by atoms with Gasteiger partial charge in [0.15, 0.2) is 0 Å². The molecule has 0 fully saturated rings. The topological polar surface area (TPSA) is 38.0 Å². The molecule has 4 heteroatoms. The van der Waals surface area contributed by atoms with Gasteiger partial charge in [0.25, 0.3) is 0 Å². The maximum absolute atomic E-state index is 6.18. The fourth-order valence-electron chi connectivity index (χ4n) is 1.76. The third-order valence-corrected chi connectivity index (χ3v) is 3.47. The summed E-state index contributed by atoms with van der Waals surface area (Å²) < 4.78 is 0. The van der Waals surface area contributed by atoms with E-state index in [4.69, 9.17) is 28.9 Å². The van der Waals surface area contributed by atoms with Gasteiger partial charge in [-0.3, -0.25) is 0 Å². The van der Waals surface area contributed by atoms with E-state index >= 15 is 0 Å². The number of benzene rings is 2. The number of aryl methyl sites for hydroxylation is 2. The summed E-state index contributed by atoms with van der Waals surface area (Å²) in [6, 6.07) is 9.44. The van der Waals surface area contributed by atoms with Gasteiger partial charge in [0.05, 0.1) is 21.4 Å². The summed E-state index contributed by atoms with van der Waals surface area (Å²) in [4.78, 5) is 0. The number of anilines is 3. The second kappa shape index (κ2) is 5.09. The first kappa shape index (κ1) is 13.1. The minimum Gasteiger partial charge on any atom is -0.398 e. The highest BCUT2D eigenvalue weighted by Crippen LogP contribution is 2.33. The number of nitrogens with one attached hydrogen (secondary N) is 1. The van der Waals surface area contributed by atoms with Crippen LogP contribution in [-0.2, 0) is 0 Å². The Balaban J connectivity index is 2.43. The zero-order chi connectivity index (χ0) is 13.3. The zero-order valence-electron chi connectivity index (χ0n) is 10.2. The highest BCUT2D eigenvalue weighted by Gasteiger charge is 2.08. The SMILES string of the molecule is Cc1cc(N)c(Cl)cc1Nc1c(C)cccc1Cl. The van der Waals surface area contributed by atoms with Gasteiger partial charge in [-0.25, -0.2) is 0 Å². The Labute approximate surface area is 117 Å². The molecule has 0 atom stereocenters. The van der Waals surface area contributed by atoms with E-state index in [9.17, 15) is 0 Å². The summed E-state index contributed by atoms with van der Waals surface area (Å²) in [5.74, 6) is 0. The number of halogens is 2. The quantitative estimate of drug-likeness (QED) is 0.765. The zero-order valence-corrected chi connectivity index (χ0v) is 11.7. The summed E-state index contributed by atoms with van der Waals surface area (Å²) in [6.45, 7) is 3.98. The monoisotopic (exact) mass is 280 g/mol. The normalized spacial score (nSPS) is 10.4. The van der Waals surface area contributed by atoms with Gasteiger partial charge >= 0.3 is 0 Å². The van der Waals surface area contributed by atoms with Crippen LogP contribution in [0.2, 0.25) is 10.0 Å². The Kier molecular flexibility index (Phi) is 3.69. The molecule has 0 heterocycles. The van der Waals surface area contributed by atoms with Gasteiger partial charge < -0.3 is 11.1 Å². The Bertz CT molecular complexity index is 574. The van der Waals surface area contributed by atoms with Crippen molar-refractivity contribution in [3.63, 3.8) is 0 Å². The van der Waals surface area contributed by atoms with Gasteiger partial charge in [0.1, 0.15) is 0 Å². The largest absolute Gasteiger partial charge is 0.398 e. The van der Waals surface area contributed by atoms with Gasteiger partial charge in [-0.15, -0.1) is 0 Å². The van der Waals surface area contributed by atoms with E-state index in [-0.39, 0.29) is 0 Å². The molecule has 0 saturated carbocycles. The van der Waals surface area contributed by atoms with E-state index in [2.05, 4.69) is 5.32 Å². The van der Waals surface area contributed by atoms with Crippen molar-refractivity contribution in [2.45, 2.75) is 13.8 Å². The summed E-state index contributed by atoms with van der Waals surface area (Å²) in [7, 11) is 0. The number of rotatable bonds is 2. The molecule has 18 heavy (non-hydrogen) atoms. The molecule has 0 aliphatic carbocycles. The van der Waals surface area contributed by atoms with Crippen molar-refractivity contribution < 1.29 is 0 Å². The van der Waals surface area contributed by atoms with Crippen LogP contribution in [-0.4, -0.2) is 0 Å². The molecule has 94 valence electrons. The van der Waals surface area contributed by atoms with E-state index in [1.54, 1.807) is 0 Å². The number of para-hydroxylation sites is 1. The first-order valence-corrected chi connectivity index (χ1v) is 6.32. The molecule has 0 spiro atoms. The van der Waals surface area contributed by atoms with Crippen LogP contribution in [0.4, 0.5) is 17.1 Å². The Morgan fingerprint density at radius 3 is 2.39 bits per heavy atom. The molecule has 0 aliphatic rings. The lowest BCUT2D eigenvalue weighted by Gasteiger charge is -2.14. The Morgan fingerprint density at radius 2 is 1.72 bits per heavy atom. The van der Waals surface area contributed by atoms with E-state index in [0.29, 0.717) is 15.7 Å². The summed E-state index contributed by atoms with van der Waals surface area (Å²) >= 11 is 12.2. The van der Waals surface area contributed by atoms with Crippen molar-refractivity contribution in [3.8, 4) is 0 Å². The first-order valence-electron chi connectivity index (χ1n) is 5.57. The van der Waals surface area contributed by atoms with Crippen molar-refractivity contribution in [2.75, 3.05) is 11.1 Å². The van der Waals surface area contributed by atoms with Crippen molar-refractivity contribution >= 4 is 40.3 Å². The average molecular weight is 281 g/mol. The summed E-state index contributed by atoms with van der Waals surface area (Å²) in [6.07, 6.45) is 0. The van der Waals surface area contributed by atoms with Crippen LogP contribution in [0.25, 0.3) is 0 Å². The van der Waals surface area contributed by atoms with Crippen molar-refractivity contribution in [1.29, 1.82) is 0 Å². The highest BCUT2D eigenvalue weighted by atomic mass is 35.5. The predicted octanol–water partition coefficient (Wildman–Crippen LogP) is 4.94. The van der Waals surface area contributed by atoms with E-state index in [1.807, 2.05) is 44.2 Å². The van der Waals surface area contributed by atoms with Crippen molar-refractivity contribution in [1.82, 2.24) is 0 Å². The third-order valence-electron chi connectivity index (χ3n) is 2.83. The van der Waals surface area contributed by atoms with Crippen LogP contribution >= 0.6 is 23.2 Å². The molecule has 0 bridgehead atoms. The highest BCUT2D eigenvalue weighted by molar-refractivity contribution is 6.34. The number of nitrogen functional groups attached to an aromatic ring is 1. The molecule has 0 saturated heterocycles. The lowest BCUT2D eigenvalue weighted by atomic mass is 10.1. The molecule has 0 radical (unpaired) electrons. The van der Waals surface area contributed by atoms with Crippen LogP contribution < -0.4 is 11.1 Å². The van der Waals surface area contributed by atoms with Gasteiger partial charge in [0.2, 0.25) is 0 Å². The summed E-state index contributed by atoms with van der Waals surface area (Å²) in [5.41, 5.74) is 10.2. The first-order chi connectivity index (χ1) is 8.49. The Hall–Kier alpha value is -1.38. The molecule has 0 aliphatic heterocycles. The molecule has 0 amide bonds. The van der Waals surface area contributed by atoms with Gasteiger partial charge in [-0.1, -0.05) is 35.3 Å². The predicted molar refractivity (Wildman–Crippen MR) is 80.1 cm³/mol. The minimum absolute atomic E-state index is 0.535. The number of hydrogen-bond donors (Lipinski definition) is 2.